The summed E-state index contributed by atoms with van der Waals surface area (Å²) in [5.41, 5.74) is 1.93. The molecule has 2 heterocycles. The Labute approximate surface area is 160 Å². The molecule has 1 N–H and O–H groups in total. The van der Waals surface area contributed by atoms with Crippen LogP contribution >= 0.6 is 0 Å². The molecule has 2 amide bonds. The van der Waals surface area contributed by atoms with Gasteiger partial charge in [0, 0.05) is 37.6 Å². The van der Waals surface area contributed by atoms with Crippen molar-refractivity contribution in [3.8, 4) is 0 Å². The lowest BCUT2D eigenvalue weighted by atomic mass is 9.96. The van der Waals surface area contributed by atoms with Crippen molar-refractivity contribution in [2.45, 2.75) is 26.7 Å². The molecule has 6 heteroatoms. The second-order valence-electron chi connectivity index (χ2n) is 6.78. The van der Waals surface area contributed by atoms with E-state index in [4.69, 9.17) is 4.42 Å². The molecule has 1 aliphatic rings. The van der Waals surface area contributed by atoms with E-state index in [0.29, 0.717) is 18.8 Å². The van der Waals surface area contributed by atoms with Crippen molar-refractivity contribution in [1.82, 2.24) is 4.90 Å². The van der Waals surface area contributed by atoms with Crippen LogP contribution in [0.25, 0.3) is 0 Å². The van der Waals surface area contributed by atoms with Crippen LogP contribution < -0.4 is 10.2 Å². The lowest BCUT2D eigenvalue weighted by Crippen LogP contribution is -2.43. The van der Waals surface area contributed by atoms with Crippen molar-refractivity contribution in [3.63, 3.8) is 0 Å². The Morgan fingerprint density at radius 3 is 2.56 bits per heavy atom. The minimum absolute atomic E-state index is 0.0393. The van der Waals surface area contributed by atoms with Crippen LogP contribution in [0.5, 0.6) is 0 Å². The third-order valence-electron chi connectivity index (χ3n) is 5.07. The molecular formula is C21H27N3O3. The van der Waals surface area contributed by atoms with Crippen LogP contribution in [0.4, 0.5) is 11.4 Å². The lowest BCUT2D eigenvalue weighted by Gasteiger charge is -2.31. The highest BCUT2D eigenvalue weighted by Gasteiger charge is 2.29. The highest BCUT2D eigenvalue weighted by Crippen LogP contribution is 2.22. The summed E-state index contributed by atoms with van der Waals surface area (Å²) in [5, 5.41) is 2.99. The quantitative estimate of drug-likeness (QED) is 0.845. The lowest BCUT2D eigenvalue weighted by molar-refractivity contribution is -0.121. The zero-order chi connectivity index (χ0) is 19.2. The van der Waals surface area contributed by atoms with Crippen LogP contribution in [-0.4, -0.2) is 42.9 Å². The normalized spacial score (nSPS) is 16.8. The molecule has 0 saturated carbocycles. The van der Waals surface area contributed by atoms with E-state index in [0.717, 1.165) is 37.3 Å². The van der Waals surface area contributed by atoms with Gasteiger partial charge in [-0.15, -0.1) is 0 Å². The van der Waals surface area contributed by atoms with Crippen LogP contribution in [-0.2, 0) is 4.79 Å². The van der Waals surface area contributed by atoms with Gasteiger partial charge in [0.25, 0.3) is 5.91 Å². The second-order valence-corrected chi connectivity index (χ2v) is 6.78. The van der Waals surface area contributed by atoms with Gasteiger partial charge in [0.1, 0.15) is 0 Å². The second kappa shape index (κ2) is 8.75. The van der Waals surface area contributed by atoms with E-state index in [1.165, 1.54) is 6.26 Å². The summed E-state index contributed by atoms with van der Waals surface area (Å²) in [5.74, 6) is -0.0771. The fourth-order valence-corrected chi connectivity index (χ4v) is 3.52. The predicted molar refractivity (Wildman–Crippen MR) is 106 cm³/mol. The van der Waals surface area contributed by atoms with Crippen molar-refractivity contribution in [1.29, 1.82) is 0 Å². The van der Waals surface area contributed by atoms with Gasteiger partial charge in [0.15, 0.2) is 5.76 Å². The Hall–Kier alpha value is -2.76. The maximum atomic E-state index is 12.7. The number of nitrogens with one attached hydrogen (secondary N) is 1. The number of hydrogen-bond acceptors (Lipinski definition) is 4. The number of amides is 2. The summed E-state index contributed by atoms with van der Waals surface area (Å²) in [6.45, 7) is 7.22. The number of carbonyl (C=O) groups excluding carboxylic acids is 2. The molecule has 1 fully saturated rings. The van der Waals surface area contributed by atoms with E-state index in [9.17, 15) is 9.59 Å². The van der Waals surface area contributed by atoms with Gasteiger partial charge in [-0.1, -0.05) is 0 Å². The maximum Gasteiger partial charge on any atom is 0.289 e. The summed E-state index contributed by atoms with van der Waals surface area (Å²) < 4.78 is 5.19. The van der Waals surface area contributed by atoms with Gasteiger partial charge in [0.05, 0.1) is 12.2 Å². The third kappa shape index (κ3) is 4.51. The minimum atomic E-state index is -0.208. The van der Waals surface area contributed by atoms with Crippen molar-refractivity contribution in [3.05, 3.63) is 48.4 Å². The van der Waals surface area contributed by atoms with Gasteiger partial charge < -0.3 is 19.5 Å². The van der Waals surface area contributed by atoms with Crippen molar-refractivity contribution < 1.29 is 14.0 Å². The number of anilines is 2. The molecular weight excluding hydrogens is 342 g/mol. The minimum Gasteiger partial charge on any atom is -0.459 e. The fourth-order valence-electron chi connectivity index (χ4n) is 3.52. The Morgan fingerprint density at radius 1 is 1.19 bits per heavy atom. The zero-order valence-electron chi connectivity index (χ0n) is 16.0. The summed E-state index contributed by atoms with van der Waals surface area (Å²) >= 11 is 0. The molecule has 0 aliphatic carbocycles. The number of likely N-dealkylation sites (tertiary alicyclic amines) is 1. The number of rotatable bonds is 6. The molecule has 0 spiro atoms. The SMILES string of the molecule is CCN(CC)c1ccc(NC(=O)C2CCCN(C(=O)c3ccco3)C2)cc1. The van der Waals surface area contributed by atoms with Crippen molar-refractivity contribution >= 4 is 23.2 Å². The topological polar surface area (TPSA) is 65.8 Å². The third-order valence-corrected chi connectivity index (χ3v) is 5.07. The average molecular weight is 369 g/mol. The Balaban J connectivity index is 1.59. The van der Waals surface area contributed by atoms with Crippen LogP contribution in [0.3, 0.4) is 0 Å². The van der Waals surface area contributed by atoms with Gasteiger partial charge in [-0.25, -0.2) is 0 Å². The number of furan rings is 1. The molecule has 1 aromatic carbocycles. The van der Waals surface area contributed by atoms with Crippen molar-refractivity contribution in [2.24, 2.45) is 5.92 Å². The van der Waals surface area contributed by atoms with E-state index in [1.807, 2.05) is 24.3 Å². The summed E-state index contributed by atoms with van der Waals surface area (Å²) in [6, 6.07) is 11.3. The summed E-state index contributed by atoms with van der Waals surface area (Å²) in [6.07, 6.45) is 3.08. The van der Waals surface area contributed by atoms with Crippen LogP contribution in [0.15, 0.2) is 47.1 Å². The average Bonchev–Trinajstić information content (AvgIpc) is 3.24. The number of nitrogens with zero attached hydrogens (tertiary/aromatic N) is 2. The van der Waals surface area contributed by atoms with E-state index in [-0.39, 0.29) is 17.7 Å². The molecule has 0 bridgehead atoms. The number of piperidine rings is 1. The smallest absolute Gasteiger partial charge is 0.289 e. The molecule has 1 atom stereocenters. The van der Waals surface area contributed by atoms with Crippen LogP contribution in [0.1, 0.15) is 37.2 Å². The number of carbonyl (C=O) groups is 2. The summed E-state index contributed by atoms with van der Waals surface area (Å²) in [7, 11) is 0. The van der Waals surface area contributed by atoms with Crippen LogP contribution in [0.2, 0.25) is 0 Å². The Bertz CT molecular complexity index is 751. The molecule has 1 saturated heterocycles. The van der Waals surface area contributed by atoms with Gasteiger partial charge >= 0.3 is 0 Å². The number of benzene rings is 1. The van der Waals surface area contributed by atoms with Gasteiger partial charge in [0.2, 0.25) is 5.91 Å². The Kier molecular flexibility index (Phi) is 6.16. The first-order valence-electron chi connectivity index (χ1n) is 9.61. The first-order chi connectivity index (χ1) is 13.1. The monoisotopic (exact) mass is 369 g/mol. The van der Waals surface area contributed by atoms with Gasteiger partial charge in [-0.3, -0.25) is 9.59 Å². The molecule has 1 unspecified atom stereocenters. The molecule has 6 nitrogen and oxygen atoms in total. The molecule has 0 radical (unpaired) electrons. The standard InChI is InChI=1S/C21H27N3O3/c1-3-23(4-2)18-11-9-17(10-12-18)22-20(25)16-7-5-13-24(15-16)21(26)19-8-6-14-27-19/h6,8-12,14,16H,3-5,7,13,15H2,1-2H3,(H,22,25). The summed E-state index contributed by atoms with van der Waals surface area (Å²) in [4.78, 5) is 29.1. The molecule has 27 heavy (non-hydrogen) atoms. The Morgan fingerprint density at radius 2 is 1.93 bits per heavy atom. The van der Waals surface area contributed by atoms with E-state index < -0.39 is 0 Å². The van der Waals surface area contributed by atoms with E-state index >= 15 is 0 Å². The first-order valence-corrected chi connectivity index (χ1v) is 9.61. The fraction of sp³-hybridized carbons (Fsp3) is 0.429. The molecule has 1 aliphatic heterocycles. The number of hydrogen-bond donors (Lipinski definition) is 1. The largest absolute Gasteiger partial charge is 0.459 e. The molecule has 1 aromatic heterocycles. The van der Waals surface area contributed by atoms with Gasteiger partial charge in [-0.2, -0.15) is 0 Å². The van der Waals surface area contributed by atoms with Gasteiger partial charge in [-0.05, 0) is 63.1 Å². The molecule has 3 rings (SSSR count). The van der Waals surface area contributed by atoms with Crippen LogP contribution in [0, 0.1) is 5.92 Å². The van der Waals surface area contributed by atoms with E-state index in [2.05, 4.69) is 24.1 Å². The van der Waals surface area contributed by atoms with E-state index in [1.54, 1.807) is 17.0 Å². The molecule has 144 valence electrons. The zero-order valence-corrected chi connectivity index (χ0v) is 16.0. The highest BCUT2D eigenvalue weighted by molar-refractivity contribution is 5.95. The maximum absolute atomic E-state index is 12.7. The first kappa shape index (κ1) is 19.0. The predicted octanol–water partition coefficient (Wildman–Crippen LogP) is 3.62. The van der Waals surface area contributed by atoms with Crippen molar-refractivity contribution in [2.75, 3.05) is 36.4 Å². The molecule has 2 aromatic rings. The highest BCUT2D eigenvalue weighted by atomic mass is 16.3.